The number of aryl methyl sites for hydroxylation is 1. The van der Waals surface area contributed by atoms with E-state index in [9.17, 15) is 14.4 Å². The lowest BCUT2D eigenvalue weighted by Gasteiger charge is -2.20. The van der Waals surface area contributed by atoms with Crippen LogP contribution in [0.3, 0.4) is 0 Å². The number of rotatable bonds is 5. The third-order valence-electron chi connectivity index (χ3n) is 4.54. The Kier molecular flexibility index (Phi) is 5.02. The number of carbonyl (C=O) groups excluding carboxylic acids is 2. The summed E-state index contributed by atoms with van der Waals surface area (Å²) in [5.41, 5.74) is 2.43. The number of hydrogen-bond donors (Lipinski definition) is 2. The molecule has 2 amide bonds. The van der Waals surface area contributed by atoms with Crippen LogP contribution in [0.25, 0.3) is 0 Å². The van der Waals surface area contributed by atoms with Gasteiger partial charge in [-0.25, -0.2) is 4.79 Å². The predicted octanol–water partition coefficient (Wildman–Crippen LogP) is 2.94. The van der Waals surface area contributed by atoms with E-state index in [2.05, 4.69) is 5.32 Å². The van der Waals surface area contributed by atoms with Crippen LogP contribution in [0.15, 0.2) is 48.5 Å². The smallest absolute Gasteiger partial charge is 0.335 e. The first kappa shape index (κ1) is 17.7. The average molecular weight is 352 g/mol. The van der Waals surface area contributed by atoms with Crippen LogP contribution in [0, 0.1) is 5.92 Å². The van der Waals surface area contributed by atoms with Gasteiger partial charge in [0.2, 0.25) is 11.8 Å². The molecule has 0 aliphatic carbocycles. The fraction of sp³-hybridized carbons (Fsp3) is 0.250. The van der Waals surface area contributed by atoms with Crippen LogP contribution in [0.5, 0.6) is 0 Å². The lowest BCUT2D eigenvalue weighted by molar-refractivity contribution is -0.122. The molecular formula is C20H20N2O4. The molecule has 26 heavy (non-hydrogen) atoms. The summed E-state index contributed by atoms with van der Waals surface area (Å²) in [5, 5.41) is 11.8. The second-order valence-electron chi connectivity index (χ2n) is 6.26. The van der Waals surface area contributed by atoms with Gasteiger partial charge >= 0.3 is 5.97 Å². The van der Waals surface area contributed by atoms with E-state index in [1.165, 1.54) is 12.1 Å². The van der Waals surface area contributed by atoms with Gasteiger partial charge in [-0.2, -0.15) is 0 Å². The minimum atomic E-state index is -1.06. The Labute approximate surface area is 151 Å². The monoisotopic (exact) mass is 352 g/mol. The highest BCUT2D eigenvalue weighted by Crippen LogP contribution is 2.29. The number of aromatic carboxylic acids is 1. The van der Waals surface area contributed by atoms with E-state index in [0.29, 0.717) is 12.2 Å². The predicted molar refractivity (Wildman–Crippen MR) is 98.3 cm³/mol. The van der Waals surface area contributed by atoms with Crippen molar-refractivity contribution in [3.8, 4) is 0 Å². The fourth-order valence-corrected chi connectivity index (χ4v) is 3.16. The number of carbonyl (C=O) groups is 3. The Morgan fingerprint density at radius 3 is 2.69 bits per heavy atom. The summed E-state index contributed by atoms with van der Waals surface area (Å²) in [6, 6.07) is 13.8. The second kappa shape index (κ2) is 7.39. The molecule has 0 bridgehead atoms. The van der Waals surface area contributed by atoms with Gasteiger partial charge in [-0.15, -0.1) is 0 Å². The Morgan fingerprint density at radius 2 is 1.96 bits per heavy atom. The molecular weight excluding hydrogens is 332 g/mol. The SMILES string of the molecule is CCc1ccccc1N1C[C@H](C(=O)Nc2cccc(C(=O)O)c2)CC1=O. The van der Waals surface area contributed by atoms with E-state index >= 15 is 0 Å². The molecule has 6 heteroatoms. The van der Waals surface area contributed by atoms with Crippen molar-refractivity contribution >= 4 is 29.2 Å². The maximum absolute atomic E-state index is 12.5. The van der Waals surface area contributed by atoms with Crippen molar-refractivity contribution in [2.75, 3.05) is 16.8 Å². The first-order valence-corrected chi connectivity index (χ1v) is 8.52. The zero-order valence-corrected chi connectivity index (χ0v) is 14.4. The molecule has 0 saturated carbocycles. The summed E-state index contributed by atoms with van der Waals surface area (Å²) in [6.45, 7) is 2.35. The van der Waals surface area contributed by atoms with Crippen molar-refractivity contribution in [2.24, 2.45) is 5.92 Å². The molecule has 1 aliphatic heterocycles. The molecule has 0 radical (unpaired) electrons. The Morgan fingerprint density at radius 1 is 1.19 bits per heavy atom. The van der Waals surface area contributed by atoms with Crippen LogP contribution in [-0.4, -0.2) is 29.4 Å². The lowest BCUT2D eigenvalue weighted by Crippen LogP contribution is -2.28. The Balaban J connectivity index is 1.73. The van der Waals surface area contributed by atoms with Gasteiger partial charge in [0.15, 0.2) is 0 Å². The number of anilines is 2. The molecule has 1 atom stereocenters. The quantitative estimate of drug-likeness (QED) is 0.866. The summed E-state index contributed by atoms with van der Waals surface area (Å²) in [5.74, 6) is -1.89. The number of hydrogen-bond acceptors (Lipinski definition) is 3. The first-order valence-electron chi connectivity index (χ1n) is 8.52. The van der Waals surface area contributed by atoms with Crippen molar-refractivity contribution in [1.82, 2.24) is 0 Å². The molecule has 2 N–H and O–H groups in total. The van der Waals surface area contributed by atoms with Crippen LogP contribution in [0.2, 0.25) is 0 Å². The molecule has 1 fully saturated rings. The minimum absolute atomic E-state index is 0.0784. The molecule has 6 nitrogen and oxygen atoms in total. The standard InChI is InChI=1S/C20H20N2O4/c1-2-13-6-3-4-9-17(13)22-12-15(11-18(22)23)19(24)21-16-8-5-7-14(10-16)20(25)26/h3-10,15H,2,11-12H2,1H3,(H,21,24)(H,25,26)/t15-/m1/s1. The third-order valence-corrected chi connectivity index (χ3v) is 4.54. The summed E-state index contributed by atoms with van der Waals surface area (Å²) < 4.78 is 0. The molecule has 0 aromatic heterocycles. The molecule has 1 heterocycles. The minimum Gasteiger partial charge on any atom is -0.478 e. The molecule has 1 saturated heterocycles. The van der Waals surface area contributed by atoms with E-state index in [-0.39, 0.29) is 23.8 Å². The zero-order chi connectivity index (χ0) is 18.7. The maximum atomic E-state index is 12.5. The van der Waals surface area contributed by atoms with Crippen LogP contribution in [0.1, 0.15) is 29.3 Å². The van der Waals surface area contributed by atoms with Crippen LogP contribution in [-0.2, 0) is 16.0 Å². The normalized spacial score (nSPS) is 16.6. The van der Waals surface area contributed by atoms with Gasteiger partial charge in [-0.3, -0.25) is 9.59 Å². The van der Waals surface area contributed by atoms with Gasteiger partial charge in [0.25, 0.3) is 0 Å². The molecule has 2 aromatic carbocycles. The fourth-order valence-electron chi connectivity index (χ4n) is 3.16. The van der Waals surface area contributed by atoms with Gasteiger partial charge in [0.1, 0.15) is 0 Å². The zero-order valence-electron chi connectivity index (χ0n) is 14.4. The molecule has 2 aromatic rings. The molecule has 1 aliphatic rings. The number of carboxylic acid groups (broad SMARTS) is 1. The van der Waals surface area contributed by atoms with Gasteiger partial charge in [-0.1, -0.05) is 31.2 Å². The van der Waals surface area contributed by atoms with E-state index in [1.54, 1.807) is 17.0 Å². The van der Waals surface area contributed by atoms with Crippen molar-refractivity contribution in [1.29, 1.82) is 0 Å². The Bertz CT molecular complexity index is 862. The summed E-state index contributed by atoms with van der Waals surface area (Å²) in [6.07, 6.45) is 0.946. The summed E-state index contributed by atoms with van der Waals surface area (Å²) in [4.78, 5) is 37.7. The second-order valence-corrected chi connectivity index (χ2v) is 6.26. The van der Waals surface area contributed by atoms with Crippen molar-refractivity contribution < 1.29 is 19.5 Å². The number of nitrogens with one attached hydrogen (secondary N) is 1. The maximum Gasteiger partial charge on any atom is 0.335 e. The summed E-state index contributed by atoms with van der Waals surface area (Å²) in [7, 11) is 0. The third kappa shape index (κ3) is 3.59. The highest BCUT2D eigenvalue weighted by molar-refractivity contribution is 6.04. The topological polar surface area (TPSA) is 86.7 Å². The lowest BCUT2D eigenvalue weighted by atomic mass is 10.1. The van der Waals surface area contributed by atoms with E-state index in [4.69, 9.17) is 5.11 Å². The molecule has 0 spiro atoms. The highest BCUT2D eigenvalue weighted by atomic mass is 16.4. The van der Waals surface area contributed by atoms with E-state index < -0.39 is 11.9 Å². The van der Waals surface area contributed by atoms with Gasteiger partial charge < -0.3 is 15.3 Å². The Hall–Kier alpha value is -3.15. The van der Waals surface area contributed by atoms with Crippen molar-refractivity contribution in [3.05, 3.63) is 59.7 Å². The largest absolute Gasteiger partial charge is 0.478 e. The van der Waals surface area contributed by atoms with Gasteiger partial charge in [0, 0.05) is 24.3 Å². The van der Waals surface area contributed by atoms with Gasteiger partial charge in [-0.05, 0) is 36.2 Å². The first-order chi connectivity index (χ1) is 12.5. The number of para-hydroxylation sites is 1. The molecule has 3 rings (SSSR count). The van der Waals surface area contributed by atoms with Crippen molar-refractivity contribution in [2.45, 2.75) is 19.8 Å². The number of amides is 2. The number of benzene rings is 2. The van der Waals surface area contributed by atoms with Gasteiger partial charge in [0.05, 0.1) is 11.5 Å². The van der Waals surface area contributed by atoms with Crippen LogP contribution < -0.4 is 10.2 Å². The number of carboxylic acids is 1. The molecule has 0 unspecified atom stereocenters. The van der Waals surface area contributed by atoms with E-state index in [0.717, 1.165) is 17.7 Å². The molecule has 134 valence electrons. The highest BCUT2D eigenvalue weighted by Gasteiger charge is 2.35. The van der Waals surface area contributed by atoms with Crippen molar-refractivity contribution in [3.63, 3.8) is 0 Å². The number of nitrogens with zero attached hydrogens (tertiary/aromatic N) is 1. The summed E-state index contributed by atoms with van der Waals surface area (Å²) >= 11 is 0. The van der Waals surface area contributed by atoms with E-state index in [1.807, 2.05) is 31.2 Å². The van der Waals surface area contributed by atoms with Crippen LogP contribution in [0.4, 0.5) is 11.4 Å². The van der Waals surface area contributed by atoms with Crippen LogP contribution >= 0.6 is 0 Å². The average Bonchev–Trinajstić information content (AvgIpc) is 3.03.